The third-order valence-corrected chi connectivity index (χ3v) is 6.87. The van der Waals surface area contributed by atoms with E-state index in [0.717, 1.165) is 30.8 Å². The van der Waals surface area contributed by atoms with Gasteiger partial charge in [0.2, 0.25) is 11.8 Å². The number of nitrogens with one attached hydrogen (secondary N) is 1. The smallest absolute Gasteiger partial charge is 0.227 e. The van der Waals surface area contributed by atoms with Crippen molar-refractivity contribution in [2.75, 3.05) is 58.5 Å². The van der Waals surface area contributed by atoms with E-state index in [0.29, 0.717) is 37.8 Å². The third kappa shape index (κ3) is 5.77. The molecule has 2 aliphatic heterocycles. The van der Waals surface area contributed by atoms with Crippen LogP contribution in [0.15, 0.2) is 42.5 Å². The second-order valence-electron chi connectivity index (χ2n) is 8.95. The zero-order valence-electron chi connectivity index (χ0n) is 20.8. The molecule has 35 heavy (non-hydrogen) atoms. The first-order valence-corrected chi connectivity index (χ1v) is 12.2. The van der Waals surface area contributed by atoms with E-state index in [9.17, 15) is 9.59 Å². The lowest BCUT2D eigenvalue weighted by Crippen LogP contribution is -2.45. The Bertz CT molecular complexity index is 1040. The van der Waals surface area contributed by atoms with Crippen molar-refractivity contribution in [3.63, 3.8) is 0 Å². The average molecular weight is 482 g/mol. The summed E-state index contributed by atoms with van der Waals surface area (Å²) in [6.07, 6.45) is 1.12. The zero-order valence-corrected chi connectivity index (χ0v) is 20.8. The lowest BCUT2D eigenvalue weighted by Gasteiger charge is -2.35. The van der Waals surface area contributed by atoms with Crippen LogP contribution in [0.25, 0.3) is 0 Å². The molecule has 188 valence electrons. The number of methoxy groups -OCH3 is 2. The van der Waals surface area contributed by atoms with Gasteiger partial charge < -0.3 is 24.4 Å². The van der Waals surface area contributed by atoms with Crippen LogP contribution < -0.4 is 19.7 Å². The number of ether oxygens (including phenoxy) is 3. The number of rotatable bonds is 9. The number of aryl methyl sites for hydroxylation is 1. The number of anilines is 1. The van der Waals surface area contributed by atoms with Crippen LogP contribution in [0.4, 0.5) is 5.69 Å². The van der Waals surface area contributed by atoms with Gasteiger partial charge in [-0.3, -0.25) is 14.5 Å². The summed E-state index contributed by atoms with van der Waals surface area (Å²) in [6.45, 7) is 5.78. The van der Waals surface area contributed by atoms with Crippen molar-refractivity contribution >= 4 is 17.5 Å². The molecule has 8 heteroatoms. The second kappa shape index (κ2) is 11.6. The van der Waals surface area contributed by atoms with Gasteiger partial charge >= 0.3 is 0 Å². The van der Waals surface area contributed by atoms with Crippen molar-refractivity contribution in [1.29, 1.82) is 0 Å². The van der Waals surface area contributed by atoms with E-state index in [-0.39, 0.29) is 30.2 Å². The van der Waals surface area contributed by atoms with E-state index in [1.54, 1.807) is 19.1 Å². The van der Waals surface area contributed by atoms with Crippen LogP contribution >= 0.6 is 0 Å². The highest BCUT2D eigenvalue weighted by Crippen LogP contribution is 2.32. The fraction of sp³-hybridized carbons (Fsp3) is 0.481. The monoisotopic (exact) mass is 481 g/mol. The molecule has 2 heterocycles. The molecule has 0 radical (unpaired) electrons. The summed E-state index contributed by atoms with van der Waals surface area (Å²) < 4.78 is 16.4. The van der Waals surface area contributed by atoms with Crippen molar-refractivity contribution < 1.29 is 23.8 Å². The van der Waals surface area contributed by atoms with Crippen molar-refractivity contribution in [3.05, 3.63) is 53.6 Å². The number of carbonyl (C=O) groups is 2. The summed E-state index contributed by atoms with van der Waals surface area (Å²) in [4.78, 5) is 29.9. The first-order chi connectivity index (χ1) is 17.0. The van der Waals surface area contributed by atoms with E-state index in [1.807, 2.05) is 42.5 Å². The van der Waals surface area contributed by atoms with Crippen LogP contribution in [0, 0.1) is 5.92 Å². The molecule has 2 amide bonds. The maximum Gasteiger partial charge on any atom is 0.227 e. The van der Waals surface area contributed by atoms with Gasteiger partial charge in [0.25, 0.3) is 0 Å². The molecule has 8 nitrogen and oxygen atoms in total. The van der Waals surface area contributed by atoms with Gasteiger partial charge in [0, 0.05) is 38.3 Å². The Kier molecular flexibility index (Phi) is 8.25. The molecule has 0 aromatic heterocycles. The van der Waals surface area contributed by atoms with Crippen LogP contribution in [0.2, 0.25) is 0 Å². The first kappa shape index (κ1) is 25.0. The molecular formula is C27H35N3O5. The minimum absolute atomic E-state index is 0.0111. The van der Waals surface area contributed by atoms with Gasteiger partial charge in [-0.2, -0.15) is 0 Å². The highest BCUT2D eigenvalue weighted by Gasteiger charge is 2.35. The van der Waals surface area contributed by atoms with Gasteiger partial charge in [0.1, 0.15) is 0 Å². The molecule has 2 atom stereocenters. The predicted molar refractivity (Wildman–Crippen MR) is 134 cm³/mol. The first-order valence-electron chi connectivity index (χ1n) is 12.2. The van der Waals surface area contributed by atoms with Gasteiger partial charge in [-0.1, -0.05) is 25.1 Å². The SMILES string of the molecule is CCc1cccc(N2CC(C(=O)NCC(c3ccc(OC)c(OC)c3)N3CCOCC3)CC2=O)c1. The molecule has 2 aliphatic rings. The summed E-state index contributed by atoms with van der Waals surface area (Å²) in [5, 5.41) is 3.13. The molecule has 0 saturated carbocycles. The minimum Gasteiger partial charge on any atom is -0.493 e. The Morgan fingerprint density at radius 1 is 1.11 bits per heavy atom. The van der Waals surface area contributed by atoms with Crippen molar-refractivity contribution in [1.82, 2.24) is 10.2 Å². The second-order valence-corrected chi connectivity index (χ2v) is 8.95. The van der Waals surface area contributed by atoms with Gasteiger partial charge in [0.15, 0.2) is 11.5 Å². The number of hydrogen-bond donors (Lipinski definition) is 1. The Hall–Kier alpha value is -3.10. The summed E-state index contributed by atoms with van der Waals surface area (Å²) in [5.74, 6) is 0.844. The number of amides is 2. The fourth-order valence-electron chi connectivity index (χ4n) is 4.83. The molecule has 0 bridgehead atoms. The Morgan fingerprint density at radius 2 is 1.89 bits per heavy atom. The topological polar surface area (TPSA) is 80.3 Å². The molecule has 2 aromatic carbocycles. The maximum absolute atomic E-state index is 13.2. The lowest BCUT2D eigenvalue weighted by molar-refractivity contribution is -0.126. The minimum atomic E-state index is -0.372. The van der Waals surface area contributed by atoms with Crippen LogP contribution in [-0.4, -0.2) is 70.3 Å². The van der Waals surface area contributed by atoms with E-state index in [4.69, 9.17) is 14.2 Å². The van der Waals surface area contributed by atoms with E-state index in [1.165, 1.54) is 5.56 Å². The third-order valence-electron chi connectivity index (χ3n) is 6.87. The number of hydrogen-bond acceptors (Lipinski definition) is 6. The number of benzene rings is 2. The van der Waals surface area contributed by atoms with E-state index < -0.39 is 0 Å². The number of nitrogens with zero attached hydrogens (tertiary/aromatic N) is 2. The lowest BCUT2D eigenvalue weighted by atomic mass is 10.0. The Labute approximate surface area is 207 Å². The largest absolute Gasteiger partial charge is 0.493 e. The van der Waals surface area contributed by atoms with Gasteiger partial charge in [0.05, 0.1) is 39.4 Å². The van der Waals surface area contributed by atoms with Crippen LogP contribution in [0.5, 0.6) is 11.5 Å². The van der Waals surface area contributed by atoms with Crippen LogP contribution in [0.1, 0.15) is 30.5 Å². The quantitative estimate of drug-likeness (QED) is 0.593. The zero-order chi connectivity index (χ0) is 24.8. The molecule has 2 fully saturated rings. The van der Waals surface area contributed by atoms with Crippen molar-refractivity contribution in [3.8, 4) is 11.5 Å². The van der Waals surface area contributed by atoms with Gasteiger partial charge in [-0.15, -0.1) is 0 Å². The standard InChI is InChI=1S/C27H35N3O5/c1-4-19-6-5-7-22(14-19)30-18-21(16-26(30)31)27(32)28-17-23(29-10-12-35-13-11-29)20-8-9-24(33-2)25(15-20)34-3/h5-9,14-15,21,23H,4,10-13,16-18H2,1-3H3,(H,28,32). The molecule has 2 unspecified atom stereocenters. The van der Waals surface area contributed by atoms with Gasteiger partial charge in [-0.25, -0.2) is 0 Å². The predicted octanol–water partition coefficient (Wildman–Crippen LogP) is 2.81. The Balaban J connectivity index is 1.45. The normalized spacial score (nSPS) is 19.5. The molecular weight excluding hydrogens is 446 g/mol. The number of carbonyl (C=O) groups excluding carboxylic acids is 2. The van der Waals surface area contributed by atoms with E-state index in [2.05, 4.69) is 17.1 Å². The van der Waals surface area contributed by atoms with Crippen LogP contribution in [0.3, 0.4) is 0 Å². The highest BCUT2D eigenvalue weighted by molar-refractivity contribution is 6.00. The van der Waals surface area contributed by atoms with Crippen molar-refractivity contribution in [2.45, 2.75) is 25.8 Å². The molecule has 4 rings (SSSR count). The van der Waals surface area contributed by atoms with Gasteiger partial charge in [-0.05, 0) is 41.8 Å². The molecule has 2 saturated heterocycles. The maximum atomic E-state index is 13.2. The summed E-state index contributed by atoms with van der Waals surface area (Å²) in [7, 11) is 3.23. The summed E-state index contributed by atoms with van der Waals surface area (Å²) >= 11 is 0. The molecule has 0 spiro atoms. The Morgan fingerprint density at radius 3 is 2.60 bits per heavy atom. The average Bonchev–Trinajstić information content (AvgIpc) is 3.30. The summed E-state index contributed by atoms with van der Waals surface area (Å²) in [5.41, 5.74) is 3.07. The van der Waals surface area contributed by atoms with Crippen molar-refractivity contribution in [2.24, 2.45) is 5.92 Å². The fourth-order valence-corrected chi connectivity index (χ4v) is 4.83. The molecule has 0 aliphatic carbocycles. The highest BCUT2D eigenvalue weighted by atomic mass is 16.5. The summed E-state index contributed by atoms with van der Waals surface area (Å²) in [6, 6.07) is 13.8. The number of morpholine rings is 1. The van der Waals surface area contributed by atoms with E-state index >= 15 is 0 Å². The molecule has 2 aromatic rings. The van der Waals surface area contributed by atoms with Crippen LogP contribution in [-0.2, 0) is 20.7 Å². The molecule has 1 N–H and O–H groups in total.